The summed E-state index contributed by atoms with van der Waals surface area (Å²) in [6.45, 7) is 6.63. The van der Waals surface area contributed by atoms with Crippen molar-refractivity contribution in [1.29, 1.82) is 0 Å². The van der Waals surface area contributed by atoms with Crippen molar-refractivity contribution >= 4 is 17.9 Å². The van der Waals surface area contributed by atoms with Gasteiger partial charge in [-0.3, -0.25) is 14.4 Å². The van der Waals surface area contributed by atoms with Crippen LogP contribution in [-0.4, -0.2) is 37.2 Å². The molecule has 364 valence electrons. The molecule has 0 amide bonds. The highest BCUT2D eigenvalue weighted by Crippen LogP contribution is 2.16. The molecule has 0 rings (SSSR count). The summed E-state index contributed by atoms with van der Waals surface area (Å²) in [5.74, 6) is -0.876. The lowest BCUT2D eigenvalue weighted by Gasteiger charge is -2.18. The van der Waals surface area contributed by atoms with Crippen LogP contribution in [0.2, 0.25) is 0 Å². The third-order valence-corrected chi connectivity index (χ3v) is 12.2. The molecule has 6 nitrogen and oxygen atoms in total. The van der Waals surface area contributed by atoms with E-state index in [1.165, 1.54) is 186 Å². The van der Waals surface area contributed by atoms with E-state index in [1.54, 1.807) is 0 Å². The van der Waals surface area contributed by atoms with E-state index >= 15 is 0 Å². The summed E-state index contributed by atoms with van der Waals surface area (Å²) in [6, 6.07) is 0. The fraction of sp³-hybridized carbons (Fsp3) is 0.875. The fourth-order valence-corrected chi connectivity index (χ4v) is 8.02. The summed E-state index contributed by atoms with van der Waals surface area (Å²) >= 11 is 0. The van der Waals surface area contributed by atoms with Crippen LogP contribution in [0, 0.1) is 0 Å². The number of carbonyl (C=O) groups excluding carboxylic acids is 3. The van der Waals surface area contributed by atoms with Gasteiger partial charge in [-0.25, -0.2) is 0 Å². The van der Waals surface area contributed by atoms with E-state index in [0.29, 0.717) is 19.3 Å². The van der Waals surface area contributed by atoms with Crippen molar-refractivity contribution < 1.29 is 28.6 Å². The molecule has 0 saturated carbocycles. The van der Waals surface area contributed by atoms with E-state index in [1.807, 2.05) is 0 Å². The minimum absolute atomic E-state index is 0.0732. The third kappa shape index (κ3) is 48.9. The fourth-order valence-electron chi connectivity index (χ4n) is 8.02. The molecular weight excluding hydrogens is 769 g/mol. The molecule has 6 heteroatoms. The lowest BCUT2D eigenvalue weighted by Crippen LogP contribution is -2.30. The average Bonchev–Trinajstić information content (AvgIpc) is 3.27. The molecular formula is C56H104O6. The van der Waals surface area contributed by atoms with Crippen molar-refractivity contribution in [3.63, 3.8) is 0 Å². The molecule has 0 spiro atoms. The van der Waals surface area contributed by atoms with Gasteiger partial charge in [0.1, 0.15) is 13.2 Å². The minimum atomic E-state index is -0.774. The van der Waals surface area contributed by atoms with Gasteiger partial charge in [0, 0.05) is 19.3 Å². The van der Waals surface area contributed by atoms with Crippen molar-refractivity contribution in [3.05, 3.63) is 24.3 Å². The van der Waals surface area contributed by atoms with Gasteiger partial charge in [-0.15, -0.1) is 0 Å². The summed E-state index contributed by atoms with van der Waals surface area (Å²) in [4.78, 5) is 38.0. The van der Waals surface area contributed by atoms with Gasteiger partial charge in [0.25, 0.3) is 0 Å². The first kappa shape index (κ1) is 59.9. The van der Waals surface area contributed by atoms with Crippen LogP contribution in [0.15, 0.2) is 24.3 Å². The Morgan fingerprint density at radius 1 is 0.306 bits per heavy atom. The van der Waals surface area contributed by atoms with Gasteiger partial charge in [0.2, 0.25) is 0 Å². The Bertz CT molecular complexity index is 1000. The molecule has 0 saturated heterocycles. The quantitative estimate of drug-likeness (QED) is 0.0262. The second-order valence-electron chi connectivity index (χ2n) is 18.5. The number of hydrogen-bond acceptors (Lipinski definition) is 6. The van der Waals surface area contributed by atoms with Crippen LogP contribution in [0.4, 0.5) is 0 Å². The molecule has 0 aromatic heterocycles. The number of rotatable bonds is 50. The first-order valence-electron chi connectivity index (χ1n) is 27.3. The van der Waals surface area contributed by atoms with Crippen LogP contribution in [0.3, 0.4) is 0 Å². The van der Waals surface area contributed by atoms with Crippen molar-refractivity contribution in [2.75, 3.05) is 13.2 Å². The van der Waals surface area contributed by atoms with E-state index in [2.05, 4.69) is 45.1 Å². The Kier molecular flexibility index (Phi) is 49.8. The van der Waals surface area contributed by atoms with Gasteiger partial charge < -0.3 is 14.2 Å². The highest BCUT2D eigenvalue weighted by molar-refractivity contribution is 5.71. The average molecular weight is 873 g/mol. The van der Waals surface area contributed by atoms with E-state index < -0.39 is 6.10 Å². The first-order valence-corrected chi connectivity index (χ1v) is 27.3. The van der Waals surface area contributed by atoms with Crippen LogP contribution in [-0.2, 0) is 28.6 Å². The number of ether oxygens (including phenoxy) is 3. The van der Waals surface area contributed by atoms with Gasteiger partial charge in [0.15, 0.2) is 6.10 Å². The lowest BCUT2D eigenvalue weighted by atomic mass is 10.0. The number of allylic oxidation sites excluding steroid dienone is 4. The molecule has 0 fully saturated rings. The Morgan fingerprint density at radius 2 is 0.532 bits per heavy atom. The topological polar surface area (TPSA) is 78.9 Å². The Labute approximate surface area is 385 Å². The Hall–Kier alpha value is -2.11. The van der Waals surface area contributed by atoms with Gasteiger partial charge in [-0.05, 0) is 70.6 Å². The first-order chi connectivity index (χ1) is 30.5. The smallest absolute Gasteiger partial charge is 0.306 e. The summed E-state index contributed by atoms with van der Waals surface area (Å²) in [5.41, 5.74) is 0. The highest BCUT2D eigenvalue weighted by atomic mass is 16.6. The van der Waals surface area contributed by atoms with Crippen molar-refractivity contribution in [2.24, 2.45) is 0 Å². The summed E-state index contributed by atoms with van der Waals surface area (Å²) < 4.78 is 16.8. The monoisotopic (exact) mass is 873 g/mol. The van der Waals surface area contributed by atoms with Crippen LogP contribution < -0.4 is 0 Å². The maximum atomic E-state index is 12.8. The molecule has 1 atom stereocenters. The predicted molar refractivity (Wildman–Crippen MR) is 266 cm³/mol. The molecule has 1 unspecified atom stereocenters. The van der Waals surface area contributed by atoms with Gasteiger partial charge in [-0.2, -0.15) is 0 Å². The second-order valence-corrected chi connectivity index (χ2v) is 18.5. The molecule has 0 aromatic carbocycles. The molecule has 0 heterocycles. The Morgan fingerprint density at radius 3 is 0.823 bits per heavy atom. The highest BCUT2D eigenvalue weighted by Gasteiger charge is 2.19. The number of unbranched alkanes of at least 4 members (excludes halogenated alkanes) is 35. The number of esters is 3. The maximum Gasteiger partial charge on any atom is 0.306 e. The normalized spacial score (nSPS) is 12.1. The molecule has 0 aromatic rings. The standard InChI is InChI=1S/C56H104O6/c1-4-7-10-13-16-19-22-25-26-27-28-29-32-34-37-40-43-46-49-55(58)61-52-53(62-56(59)50-47-44-41-38-35-31-24-21-18-15-12-9-6-3)51-60-54(57)48-45-42-39-36-33-30-23-20-17-14-11-8-5-2/h20-21,23-24,53H,4-19,22,25-52H2,1-3H3/b23-20-,24-21-. The zero-order valence-corrected chi connectivity index (χ0v) is 41.7. The maximum absolute atomic E-state index is 12.8. The number of carbonyl (C=O) groups is 3. The van der Waals surface area contributed by atoms with E-state index in [-0.39, 0.29) is 31.1 Å². The second kappa shape index (κ2) is 51.5. The van der Waals surface area contributed by atoms with Crippen LogP contribution >= 0.6 is 0 Å². The van der Waals surface area contributed by atoms with Crippen LogP contribution in [0.25, 0.3) is 0 Å². The van der Waals surface area contributed by atoms with E-state index in [0.717, 1.165) is 70.6 Å². The van der Waals surface area contributed by atoms with Crippen molar-refractivity contribution in [1.82, 2.24) is 0 Å². The summed E-state index contributed by atoms with van der Waals surface area (Å²) in [6.07, 6.45) is 58.8. The largest absolute Gasteiger partial charge is 0.462 e. The summed E-state index contributed by atoms with van der Waals surface area (Å²) in [7, 11) is 0. The SMILES string of the molecule is CCCCCC/C=C\CCCCCCCC(=O)OCC(COC(=O)CCCCCCCCCCCCCCCCCCCC)OC(=O)CCCCCCC/C=C\CCCCCC. The zero-order valence-electron chi connectivity index (χ0n) is 41.7. The molecule has 0 bridgehead atoms. The molecule has 0 N–H and O–H groups in total. The summed E-state index contributed by atoms with van der Waals surface area (Å²) in [5, 5.41) is 0. The van der Waals surface area contributed by atoms with E-state index in [9.17, 15) is 14.4 Å². The minimum Gasteiger partial charge on any atom is -0.462 e. The molecule has 62 heavy (non-hydrogen) atoms. The van der Waals surface area contributed by atoms with Gasteiger partial charge >= 0.3 is 17.9 Å². The predicted octanol–water partition coefficient (Wildman–Crippen LogP) is 17.9. The Balaban J connectivity index is 4.31. The molecule has 0 aliphatic carbocycles. The van der Waals surface area contributed by atoms with Gasteiger partial charge in [-0.1, -0.05) is 231 Å². The third-order valence-electron chi connectivity index (χ3n) is 12.2. The molecule has 0 radical (unpaired) electrons. The molecule has 0 aliphatic rings. The van der Waals surface area contributed by atoms with Gasteiger partial charge in [0.05, 0.1) is 0 Å². The van der Waals surface area contributed by atoms with Crippen molar-refractivity contribution in [3.8, 4) is 0 Å². The lowest BCUT2D eigenvalue weighted by molar-refractivity contribution is -0.167. The van der Waals surface area contributed by atoms with E-state index in [4.69, 9.17) is 14.2 Å². The zero-order chi connectivity index (χ0) is 45.1. The van der Waals surface area contributed by atoms with Crippen LogP contribution in [0.1, 0.15) is 297 Å². The van der Waals surface area contributed by atoms with Crippen molar-refractivity contribution in [2.45, 2.75) is 303 Å². The number of hydrogen-bond donors (Lipinski definition) is 0. The van der Waals surface area contributed by atoms with Crippen LogP contribution in [0.5, 0.6) is 0 Å². The molecule has 0 aliphatic heterocycles.